The average molecular weight is 411 g/mol. The second-order valence-electron chi connectivity index (χ2n) is 7.05. The van der Waals surface area contributed by atoms with Gasteiger partial charge >= 0.3 is 0 Å². The molecule has 6 nitrogen and oxygen atoms in total. The van der Waals surface area contributed by atoms with E-state index in [9.17, 15) is 4.79 Å². The number of nitrogens with one attached hydrogen (secondary N) is 2. The number of rotatable bonds is 7. The van der Waals surface area contributed by atoms with Gasteiger partial charge in [-0.3, -0.25) is 9.78 Å². The Morgan fingerprint density at radius 3 is 2.76 bits per heavy atom. The highest BCUT2D eigenvalue weighted by Gasteiger charge is 2.15. The maximum Gasteiger partial charge on any atom is 0.253 e. The normalized spacial score (nSPS) is 10.9. The predicted molar refractivity (Wildman–Crippen MR) is 120 cm³/mol. The number of nitrogens with zero attached hydrogens (tertiary/aromatic N) is 2. The zero-order chi connectivity index (χ0) is 20.8. The van der Waals surface area contributed by atoms with E-state index in [0.29, 0.717) is 36.9 Å². The highest BCUT2D eigenvalue weighted by molar-refractivity contribution is 7.80. The monoisotopic (exact) mass is 410 g/mol. The van der Waals surface area contributed by atoms with Crippen LogP contribution in [0.15, 0.2) is 47.5 Å². The summed E-state index contributed by atoms with van der Waals surface area (Å²) in [6.45, 7) is 6.15. The minimum Gasteiger partial charge on any atom is -0.383 e. The van der Waals surface area contributed by atoms with E-state index in [0.717, 1.165) is 27.6 Å². The SMILES string of the molecule is COCCNC(=S)N(Cc1cccnc1)Cc1cc2c(C)ccc(C)c2[nH]c1=O. The summed E-state index contributed by atoms with van der Waals surface area (Å²) in [6, 6.07) is 9.96. The molecular formula is C22H26N4O2S. The number of ether oxygens (including phenoxy) is 1. The van der Waals surface area contributed by atoms with Crippen LogP contribution in [-0.4, -0.2) is 40.2 Å². The van der Waals surface area contributed by atoms with Gasteiger partial charge < -0.3 is 19.9 Å². The Morgan fingerprint density at radius 2 is 2.03 bits per heavy atom. The maximum atomic E-state index is 12.8. The second-order valence-corrected chi connectivity index (χ2v) is 7.44. The Bertz CT molecular complexity index is 1050. The summed E-state index contributed by atoms with van der Waals surface area (Å²) in [5.41, 5.74) is 4.67. The molecule has 0 aliphatic carbocycles. The van der Waals surface area contributed by atoms with Gasteiger partial charge in [-0.25, -0.2) is 0 Å². The second kappa shape index (κ2) is 9.62. The summed E-state index contributed by atoms with van der Waals surface area (Å²) in [7, 11) is 1.65. The molecule has 2 heterocycles. The lowest BCUT2D eigenvalue weighted by Gasteiger charge is -2.26. The number of benzene rings is 1. The summed E-state index contributed by atoms with van der Waals surface area (Å²) >= 11 is 5.60. The number of thiocarbonyl (C=S) groups is 1. The van der Waals surface area contributed by atoms with Crippen LogP contribution in [0.5, 0.6) is 0 Å². The molecule has 0 radical (unpaired) electrons. The molecule has 1 aromatic carbocycles. The zero-order valence-electron chi connectivity index (χ0n) is 17.0. The zero-order valence-corrected chi connectivity index (χ0v) is 17.8. The first-order valence-electron chi connectivity index (χ1n) is 9.52. The summed E-state index contributed by atoms with van der Waals surface area (Å²) in [5, 5.41) is 4.83. The van der Waals surface area contributed by atoms with Crippen LogP contribution in [0.2, 0.25) is 0 Å². The predicted octanol–water partition coefficient (Wildman–Crippen LogP) is 3.06. The molecule has 0 spiro atoms. The molecule has 3 rings (SSSR count). The first kappa shape index (κ1) is 21.0. The number of aromatic nitrogens is 2. The molecule has 0 saturated heterocycles. The summed E-state index contributed by atoms with van der Waals surface area (Å²) < 4.78 is 5.09. The minimum atomic E-state index is -0.0953. The van der Waals surface area contributed by atoms with Gasteiger partial charge in [-0.1, -0.05) is 18.2 Å². The van der Waals surface area contributed by atoms with Crippen LogP contribution in [0.1, 0.15) is 22.3 Å². The first-order valence-corrected chi connectivity index (χ1v) is 9.93. The number of pyridine rings is 2. The van der Waals surface area contributed by atoms with Crippen LogP contribution < -0.4 is 10.9 Å². The molecule has 0 unspecified atom stereocenters. The van der Waals surface area contributed by atoms with Crippen molar-refractivity contribution in [3.63, 3.8) is 0 Å². The molecule has 2 N–H and O–H groups in total. The van der Waals surface area contributed by atoms with Crippen LogP contribution in [0.3, 0.4) is 0 Å². The van der Waals surface area contributed by atoms with E-state index in [-0.39, 0.29) is 5.56 Å². The van der Waals surface area contributed by atoms with Crippen molar-refractivity contribution in [3.05, 3.63) is 75.3 Å². The summed E-state index contributed by atoms with van der Waals surface area (Å²) in [5.74, 6) is 0. The van der Waals surface area contributed by atoms with Crippen LogP contribution in [0, 0.1) is 13.8 Å². The topological polar surface area (TPSA) is 70.2 Å². The molecular weight excluding hydrogens is 384 g/mol. The molecule has 0 aliphatic heterocycles. The molecule has 3 aromatic rings. The van der Waals surface area contributed by atoms with Gasteiger partial charge in [0.1, 0.15) is 0 Å². The Labute approximate surface area is 175 Å². The van der Waals surface area contributed by atoms with Crippen molar-refractivity contribution in [2.75, 3.05) is 20.3 Å². The van der Waals surface area contributed by atoms with Gasteiger partial charge in [-0.2, -0.15) is 0 Å². The minimum absolute atomic E-state index is 0.0953. The quantitative estimate of drug-likeness (QED) is 0.461. The van der Waals surface area contributed by atoms with E-state index in [4.69, 9.17) is 17.0 Å². The number of aryl methyl sites for hydroxylation is 2. The van der Waals surface area contributed by atoms with Crippen LogP contribution in [0.4, 0.5) is 0 Å². The Morgan fingerprint density at radius 1 is 1.24 bits per heavy atom. The van der Waals surface area contributed by atoms with Gasteiger partial charge in [-0.05, 0) is 54.9 Å². The Balaban J connectivity index is 1.92. The largest absolute Gasteiger partial charge is 0.383 e. The molecule has 0 saturated carbocycles. The maximum absolute atomic E-state index is 12.8. The molecule has 152 valence electrons. The molecule has 0 aliphatic rings. The summed E-state index contributed by atoms with van der Waals surface area (Å²) in [4.78, 5) is 22.0. The highest BCUT2D eigenvalue weighted by atomic mass is 32.1. The molecule has 7 heteroatoms. The highest BCUT2D eigenvalue weighted by Crippen LogP contribution is 2.20. The average Bonchev–Trinajstić information content (AvgIpc) is 2.72. The number of methoxy groups -OCH3 is 1. The lowest BCUT2D eigenvalue weighted by molar-refractivity contribution is 0.202. The molecule has 29 heavy (non-hydrogen) atoms. The lowest BCUT2D eigenvalue weighted by atomic mass is 10.0. The fraction of sp³-hybridized carbons (Fsp3) is 0.318. The molecule has 0 fully saturated rings. The number of aromatic amines is 1. The summed E-state index contributed by atoms with van der Waals surface area (Å²) in [6.07, 6.45) is 3.55. The third-order valence-electron chi connectivity index (χ3n) is 4.85. The smallest absolute Gasteiger partial charge is 0.253 e. The van der Waals surface area contributed by atoms with Gasteiger partial charge in [0, 0.05) is 43.5 Å². The molecule has 0 amide bonds. The van der Waals surface area contributed by atoms with Crippen molar-refractivity contribution < 1.29 is 4.74 Å². The van der Waals surface area contributed by atoms with Gasteiger partial charge in [-0.15, -0.1) is 0 Å². The van der Waals surface area contributed by atoms with Crippen molar-refractivity contribution in [2.45, 2.75) is 26.9 Å². The number of hydrogen-bond donors (Lipinski definition) is 2. The standard InChI is InChI=1S/C22H26N4O2S/c1-15-6-7-16(2)20-19(15)11-18(21(27)25-20)14-26(22(29)24-9-10-28-3)13-17-5-4-8-23-12-17/h4-8,11-12H,9-10,13-14H2,1-3H3,(H,24,29)(H,25,27). The number of hydrogen-bond acceptors (Lipinski definition) is 4. The van der Waals surface area contributed by atoms with Crippen molar-refractivity contribution >= 4 is 28.2 Å². The molecule has 0 atom stereocenters. The van der Waals surface area contributed by atoms with Gasteiger partial charge in [0.15, 0.2) is 5.11 Å². The fourth-order valence-electron chi connectivity index (χ4n) is 3.22. The third kappa shape index (κ3) is 5.19. The number of fused-ring (bicyclic) bond motifs is 1. The van der Waals surface area contributed by atoms with Crippen molar-refractivity contribution in [2.24, 2.45) is 0 Å². The first-order chi connectivity index (χ1) is 14.0. The van der Waals surface area contributed by atoms with Crippen LogP contribution in [-0.2, 0) is 17.8 Å². The van der Waals surface area contributed by atoms with Gasteiger partial charge in [0.2, 0.25) is 0 Å². The van der Waals surface area contributed by atoms with Crippen LogP contribution >= 0.6 is 12.2 Å². The lowest BCUT2D eigenvalue weighted by Crippen LogP contribution is -2.41. The van der Waals surface area contributed by atoms with E-state index < -0.39 is 0 Å². The van der Waals surface area contributed by atoms with Crippen LogP contribution in [0.25, 0.3) is 10.9 Å². The number of H-pyrrole nitrogens is 1. The Kier molecular flexibility index (Phi) is 6.95. The fourth-order valence-corrected chi connectivity index (χ4v) is 3.46. The van der Waals surface area contributed by atoms with Crippen molar-refractivity contribution in [3.8, 4) is 0 Å². The van der Waals surface area contributed by atoms with E-state index in [1.54, 1.807) is 13.3 Å². The Hall–Kier alpha value is -2.77. The third-order valence-corrected chi connectivity index (χ3v) is 5.25. The van der Waals surface area contributed by atoms with Crippen molar-refractivity contribution in [1.82, 2.24) is 20.2 Å². The van der Waals surface area contributed by atoms with E-state index in [1.807, 2.05) is 49.2 Å². The van der Waals surface area contributed by atoms with E-state index in [1.165, 1.54) is 0 Å². The molecule has 2 aromatic heterocycles. The van der Waals surface area contributed by atoms with Crippen molar-refractivity contribution in [1.29, 1.82) is 0 Å². The van der Waals surface area contributed by atoms with E-state index in [2.05, 4.69) is 21.4 Å². The molecule has 0 bridgehead atoms. The van der Waals surface area contributed by atoms with Gasteiger partial charge in [0.25, 0.3) is 5.56 Å². The van der Waals surface area contributed by atoms with E-state index >= 15 is 0 Å². The van der Waals surface area contributed by atoms with Gasteiger partial charge in [0.05, 0.1) is 18.7 Å².